The number of nitrogens with one attached hydrogen (secondary N) is 1. The van der Waals surface area contributed by atoms with Crippen molar-refractivity contribution in [2.24, 2.45) is 0 Å². The molecule has 3 rings (SSSR count). The minimum atomic E-state index is -0.223. The molecular formula is C18H21N3O3S. The lowest BCUT2D eigenvalue weighted by Gasteiger charge is -2.11. The Bertz CT molecular complexity index is 788. The summed E-state index contributed by atoms with van der Waals surface area (Å²) in [7, 11) is 0. The standard InChI is InChI=1S/C18H21N3O3S/c1-3-12-16(25-18(20-12)21-11-7-10-15(21)22)17(23)19-13-8-5-6-9-14(13)24-4-2/h5-6,8-9H,3-4,7,10-11H2,1-2H3,(H,19,23). The highest BCUT2D eigenvalue weighted by molar-refractivity contribution is 7.18. The number of benzene rings is 1. The van der Waals surface area contributed by atoms with E-state index in [1.54, 1.807) is 11.0 Å². The number of hydrogen-bond acceptors (Lipinski definition) is 5. The molecule has 1 N–H and O–H groups in total. The molecule has 132 valence electrons. The van der Waals surface area contributed by atoms with Gasteiger partial charge in [0.15, 0.2) is 5.13 Å². The molecule has 0 unspecified atom stereocenters. The van der Waals surface area contributed by atoms with Crippen molar-refractivity contribution in [3.63, 3.8) is 0 Å². The normalized spacial score (nSPS) is 14.0. The van der Waals surface area contributed by atoms with E-state index in [1.165, 1.54) is 11.3 Å². The van der Waals surface area contributed by atoms with Gasteiger partial charge in [0.25, 0.3) is 5.91 Å². The number of aryl methyl sites for hydroxylation is 1. The molecule has 1 saturated heterocycles. The minimum Gasteiger partial charge on any atom is -0.492 e. The average molecular weight is 359 g/mol. The molecule has 1 aliphatic heterocycles. The quantitative estimate of drug-likeness (QED) is 0.857. The average Bonchev–Trinajstić information content (AvgIpc) is 3.22. The van der Waals surface area contributed by atoms with Crippen LogP contribution in [0.5, 0.6) is 5.75 Å². The van der Waals surface area contributed by atoms with E-state index >= 15 is 0 Å². The smallest absolute Gasteiger partial charge is 0.267 e. The highest BCUT2D eigenvalue weighted by Gasteiger charge is 2.27. The number of nitrogens with zero attached hydrogens (tertiary/aromatic N) is 2. The van der Waals surface area contributed by atoms with Crippen molar-refractivity contribution in [1.82, 2.24) is 4.98 Å². The van der Waals surface area contributed by atoms with Crippen LogP contribution in [-0.4, -0.2) is 29.9 Å². The fourth-order valence-electron chi connectivity index (χ4n) is 2.75. The molecule has 1 aromatic heterocycles. The first kappa shape index (κ1) is 17.4. The number of para-hydroxylation sites is 2. The summed E-state index contributed by atoms with van der Waals surface area (Å²) in [6.07, 6.45) is 2.02. The fraction of sp³-hybridized carbons (Fsp3) is 0.389. The molecule has 1 aliphatic rings. The molecule has 0 atom stereocenters. The number of anilines is 2. The Morgan fingerprint density at radius 2 is 2.16 bits per heavy atom. The highest BCUT2D eigenvalue weighted by Crippen LogP contribution is 2.31. The largest absolute Gasteiger partial charge is 0.492 e. The lowest BCUT2D eigenvalue weighted by atomic mass is 10.2. The molecule has 1 aromatic carbocycles. The molecule has 0 saturated carbocycles. The number of aromatic nitrogens is 1. The number of rotatable bonds is 6. The Morgan fingerprint density at radius 3 is 2.84 bits per heavy atom. The van der Waals surface area contributed by atoms with Gasteiger partial charge in [0.1, 0.15) is 10.6 Å². The van der Waals surface area contributed by atoms with Crippen molar-refractivity contribution < 1.29 is 14.3 Å². The summed E-state index contributed by atoms with van der Waals surface area (Å²) in [5.74, 6) is 0.486. The lowest BCUT2D eigenvalue weighted by molar-refractivity contribution is -0.117. The molecule has 0 radical (unpaired) electrons. The molecular weight excluding hydrogens is 338 g/mol. The Hall–Kier alpha value is -2.41. The topological polar surface area (TPSA) is 71.5 Å². The Morgan fingerprint density at radius 1 is 1.36 bits per heavy atom. The Balaban J connectivity index is 1.85. The summed E-state index contributed by atoms with van der Waals surface area (Å²) >= 11 is 1.27. The third-order valence-electron chi connectivity index (χ3n) is 3.97. The second kappa shape index (κ2) is 7.65. The van der Waals surface area contributed by atoms with E-state index in [2.05, 4.69) is 10.3 Å². The van der Waals surface area contributed by atoms with Crippen LogP contribution in [0.25, 0.3) is 0 Å². The van der Waals surface area contributed by atoms with Gasteiger partial charge in [-0.2, -0.15) is 0 Å². The molecule has 0 aliphatic carbocycles. The number of carbonyl (C=O) groups is 2. The van der Waals surface area contributed by atoms with Gasteiger partial charge in [-0.15, -0.1) is 0 Å². The number of carbonyl (C=O) groups excluding carboxylic acids is 2. The zero-order valence-electron chi connectivity index (χ0n) is 14.4. The maximum absolute atomic E-state index is 12.8. The fourth-order valence-corrected chi connectivity index (χ4v) is 3.85. The molecule has 1 fully saturated rings. The lowest BCUT2D eigenvalue weighted by Crippen LogP contribution is -2.23. The van der Waals surface area contributed by atoms with Gasteiger partial charge in [-0.05, 0) is 31.9 Å². The predicted octanol–water partition coefficient (Wildman–Crippen LogP) is 3.48. The SMILES string of the molecule is CCOc1ccccc1NC(=O)c1sc(N2CCCC2=O)nc1CC. The second-order valence-electron chi connectivity index (χ2n) is 5.66. The van der Waals surface area contributed by atoms with Crippen LogP contribution in [0.15, 0.2) is 24.3 Å². The first-order valence-electron chi connectivity index (χ1n) is 8.47. The molecule has 7 heteroatoms. The van der Waals surface area contributed by atoms with Crippen LogP contribution in [0.1, 0.15) is 42.1 Å². The Labute approximate surface area is 150 Å². The van der Waals surface area contributed by atoms with E-state index in [-0.39, 0.29) is 11.8 Å². The van der Waals surface area contributed by atoms with Gasteiger partial charge in [0.2, 0.25) is 5.91 Å². The van der Waals surface area contributed by atoms with Gasteiger partial charge >= 0.3 is 0 Å². The van der Waals surface area contributed by atoms with Crippen molar-refractivity contribution in [3.05, 3.63) is 34.8 Å². The molecule has 6 nitrogen and oxygen atoms in total. The van der Waals surface area contributed by atoms with Crippen LogP contribution >= 0.6 is 11.3 Å². The predicted molar refractivity (Wildman–Crippen MR) is 98.6 cm³/mol. The maximum atomic E-state index is 12.8. The summed E-state index contributed by atoms with van der Waals surface area (Å²) in [5, 5.41) is 3.52. The molecule has 25 heavy (non-hydrogen) atoms. The second-order valence-corrected chi connectivity index (χ2v) is 6.64. The third kappa shape index (κ3) is 3.66. The first-order valence-corrected chi connectivity index (χ1v) is 9.29. The van der Waals surface area contributed by atoms with Gasteiger partial charge in [-0.1, -0.05) is 30.4 Å². The number of hydrogen-bond donors (Lipinski definition) is 1. The molecule has 2 amide bonds. The number of thiazole rings is 1. The summed E-state index contributed by atoms with van der Waals surface area (Å²) in [6, 6.07) is 7.34. The molecule has 0 spiro atoms. The maximum Gasteiger partial charge on any atom is 0.267 e. The van der Waals surface area contributed by atoms with Gasteiger partial charge in [-0.3, -0.25) is 14.5 Å². The van der Waals surface area contributed by atoms with Crippen LogP contribution in [0.4, 0.5) is 10.8 Å². The molecule has 2 aromatic rings. The van der Waals surface area contributed by atoms with Crippen molar-refractivity contribution in [1.29, 1.82) is 0 Å². The highest BCUT2D eigenvalue weighted by atomic mass is 32.1. The number of ether oxygens (including phenoxy) is 1. The van der Waals surface area contributed by atoms with Crippen molar-refractivity contribution in [2.75, 3.05) is 23.4 Å². The van der Waals surface area contributed by atoms with Gasteiger partial charge < -0.3 is 10.1 Å². The third-order valence-corrected chi connectivity index (χ3v) is 5.09. The Kier molecular flexibility index (Phi) is 5.33. The van der Waals surface area contributed by atoms with E-state index in [4.69, 9.17) is 4.74 Å². The van der Waals surface area contributed by atoms with Crippen LogP contribution < -0.4 is 15.0 Å². The van der Waals surface area contributed by atoms with Gasteiger partial charge in [0, 0.05) is 13.0 Å². The van der Waals surface area contributed by atoms with E-state index in [1.807, 2.05) is 32.0 Å². The summed E-state index contributed by atoms with van der Waals surface area (Å²) in [4.78, 5) is 31.4. The monoisotopic (exact) mass is 359 g/mol. The zero-order valence-corrected chi connectivity index (χ0v) is 15.2. The van der Waals surface area contributed by atoms with Crippen LogP contribution in [0.3, 0.4) is 0 Å². The van der Waals surface area contributed by atoms with Gasteiger partial charge in [0.05, 0.1) is 18.0 Å². The summed E-state index contributed by atoms with van der Waals surface area (Å²) in [6.45, 7) is 5.05. The van der Waals surface area contributed by atoms with E-state index in [9.17, 15) is 9.59 Å². The van der Waals surface area contributed by atoms with Crippen molar-refractivity contribution in [2.45, 2.75) is 33.1 Å². The zero-order chi connectivity index (χ0) is 17.8. The van der Waals surface area contributed by atoms with Crippen LogP contribution in [0, 0.1) is 0 Å². The first-order chi connectivity index (χ1) is 12.1. The van der Waals surface area contributed by atoms with E-state index in [0.717, 1.165) is 6.42 Å². The van der Waals surface area contributed by atoms with Crippen molar-refractivity contribution in [3.8, 4) is 5.75 Å². The molecule has 2 heterocycles. The van der Waals surface area contributed by atoms with E-state index in [0.29, 0.717) is 53.1 Å². The van der Waals surface area contributed by atoms with Gasteiger partial charge in [-0.25, -0.2) is 4.98 Å². The van der Waals surface area contributed by atoms with E-state index < -0.39 is 0 Å². The van der Waals surface area contributed by atoms with Crippen LogP contribution in [0.2, 0.25) is 0 Å². The summed E-state index contributed by atoms with van der Waals surface area (Å²) in [5.41, 5.74) is 1.34. The number of amides is 2. The minimum absolute atomic E-state index is 0.0741. The summed E-state index contributed by atoms with van der Waals surface area (Å²) < 4.78 is 5.55. The van der Waals surface area contributed by atoms with Crippen molar-refractivity contribution >= 4 is 34.0 Å². The molecule has 0 bridgehead atoms. The van der Waals surface area contributed by atoms with Crippen LogP contribution in [-0.2, 0) is 11.2 Å².